The van der Waals surface area contributed by atoms with E-state index >= 15 is 0 Å². The Morgan fingerprint density at radius 2 is 1.88 bits per heavy atom. The molecule has 0 spiro atoms. The van der Waals surface area contributed by atoms with Gasteiger partial charge in [0.25, 0.3) is 5.91 Å². The highest BCUT2D eigenvalue weighted by Crippen LogP contribution is 2.29. The van der Waals surface area contributed by atoms with Crippen molar-refractivity contribution in [3.05, 3.63) is 65.2 Å². The maximum Gasteiger partial charge on any atom is 0.416 e. The van der Waals surface area contributed by atoms with E-state index in [1.54, 1.807) is 0 Å². The zero-order chi connectivity index (χ0) is 18.6. The van der Waals surface area contributed by atoms with Gasteiger partial charge in [-0.3, -0.25) is 4.79 Å². The fourth-order valence-corrected chi connectivity index (χ4v) is 2.92. The summed E-state index contributed by atoms with van der Waals surface area (Å²) >= 11 is 0. The molecule has 3 rings (SSSR count). The van der Waals surface area contributed by atoms with Crippen LogP contribution in [0.15, 0.2) is 53.6 Å². The van der Waals surface area contributed by atoms with Crippen molar-refractivity contribution in [1.29, 1.82) is 0 Å². The summed E-state index contributed by atoms with van der Waals surface area (Å²) in [6.45, 7) is 0.981. The lowest BCUT2D eigenvalue weighted by Gasteiger charge is -2.30. The van der Waals surface area contributed by atoms with Crippen molar-refractivity contribution in [2.75, 3.05) is 18.0 Å². The molecular weight excluding hydrogens is 343 g/mol. The molecule has 136 valence electrons. The number of nitrogens with zero attached hydrogens (tertiary/aromatic N) is 2. The summed E-state index contributed by atoms with van der Waals surface area (Å²) in [6, 6.07) is 12.5. The second-order valence-corrected chi connectivity index (χ2v) is 6.07. The Bertz CT molecular complexity index is 800. The number of hydrogen-bond acceptors (Lipinski definition) is 3. The Morgan fingerprint density at radius 1 is 1.15 bits per heavy atom. The number of anilines is 1. The van der Waals surface area contributed by atoms with Crippen LogP contribution in [-0.4, -0.2) is 25.2 Å². The molecule has 4 nitrogen and oxygen atoms in total. The number of amides is 1. The first-order chi connectivity index (χ1) is 12.4. The van der Waals surface area contributed by atoms with Crippen LogP contribution in [0.25, 0.3) is 0 Å². The van der Waals surface area contributed by atoms with Crippen LogP contribution in [0.1, 0.15) is 23.1 Å². The van der Waals surface area contributed by atoms with Crippen LogP contribution < -0.4 is 10.3 Å². The molecule has 1 amide bonds. The van der Waals surface area contributed by atoms with Gasteiger partial charge in [0.05, 0.1) is 18.3 Å². The highest BCUT2D eigenvalue weighted by Gasteiger charge is 2.29. The lowest BCUT2D eigenvalue weighted by Crippen LogP contribution is -2.38. The van der Waals surface area contributed by atoms with Gasteiger partial charge in [0.1, 0.15) is 0 Å². The Kier molecular flexibility index (Phi) is 5.25. The number of hydrazone groups is 1. The lowest BCUT2D eigenvalue weighted by atomic mass is 10.0. The van der Waals surface area contributed by atoms with Gasteiger partial charge >= 0.3 is 6.18 Å². The van der Waals surface area contributed by atoms with Crippen LogP contribution >= 0.6 is 0 Å². The van der Waals surface area contributed by atoms with Gasteiger partial charge in [-0.1, -0.05) is 30.3 Å². The Labute approximate surface area is 149 Å². The highest BCUT2D eigenvalue weighted by molar-refractivity contribution is 5.85. The van der Waals surface area contributed by atoms with Gasteiger partial charge in [-0.25, -0.2) is 5.43 Å². The van der Waals surface area contributed by atoms with Crippen LogP contribution in [0.2, 0.25) is 0 Å². The highest BCUT2D eigenvalue weighted by atomic mass is 19.4. The van der Waals surface area contributed by atoms with E-state index in [9.17, 15) is 18.0 Å². The molecule has 7 heteroatoms. The maximum absolute atomic E-state index is 12.5. The average molecular weight is 361 g/mol. The molecule has 1 aliphatic rings. The molecule has 0 radical (unpaired) electrons. The number of rotatable bonds is 4. The standard InChI is InChI=1S/C19H18F3N3O/c20-19(21,22)16-9-7-14(8-10-16)12-23-24-18(26)13-25-11-3-5-15-4-1-2-6-17(15)25/h1-2,4,6-10,12H,3,5,11,13H2,(H,24,26)/b23-12+. The van der Waals surface area contributed by atoms with E-state index in [-0.39, 0.29) is 12.5 Å². The van der Waals surface area contributed by atoms with Crippen LogP contribution in [0, 0.1) is 0 Å². The normalized spacial score (nSPS) is 14.3. The molecule has 0 aliphatic carbocycles. The third-order valence-corrected chi connectivity index (χ3v) is 4.18. The molecule has 1 aliphatic heterocycles. The number of carbonyl (C=O) groups is 1. The lowest BCUT2D eigenvalue weighted by molar-refractivity contribution is -0.137. The third kappa shape index (κ3) is 4.41. The minimum absolute atomic E-state index is 0.182. The molecule has 1 heterocycles. The molecule has 0 saturated heterocycles. The molecule has 26 heavy (non-hydrogen) atoms. The van der Waals surface area contributed by atoms with E-state index in [0.717, 1.165) is 37.2 Å². The van der Waals surface area contributed by atoms with Crippen molar-refractivity contribution in [2.45, 2.75) is 19.0 Å². The first kappa shape index (κ1) is 18.0. The predicted octanol–water partition coefficient (Wildman–Crippen LogP) is 3.61. The first-order valence-corrected chi connectivity index (χ1v) is 8.25. The summed E-state index contributed by atoms with van der Waals surface area (Å²) in [6.07, 6.45) is -1.06. The number of nitrogens with one attached hydrogen (secondary N) is 1. The summed E-state index contributed by atoms with van der Waals surface area (Å²) in [4.78, 5) is 14.1. The number of aryl methyl sites for hydroxylation is 1. The summed E-state index contributed by atoms with van der Waals surface area (Å²) in [5.41, 5.74) is 4.45. The molecule has 0 saturated carbocycles. The largest absolute Gasteiger partial charge is 0.416 e. The van der Waals surface area contributed by atoms with Crippen molar-refractivity contribution in [2.24, 2.45) is 5.10 Å². The third-order valence-electron chi connectivity index (χ3n) is 4.18. The van der Waals surface area contributed by atoms with Gasteiger partial charge in [-0.15, -0.1) is 0 Å². The van der Waals surface area contributed by atoms with Gasteiger partial charge < -0.3 is 4.90 Å². The predicted molar refractivity (Wildman–Crippen MR) is 94.2 cm³/mol. The Hall–Kier alpha value is -2.83. The van der Waals surface area contributed by atoms with Gasteiger partial charge in [0, 0.05) is 12.2 Å². The zero-order valence-electron chi connectivity index (χ0n) is 14.0. The van der Waals surface area contributed by atoms with Gasteiger partial charge in [0.15, 0.2) is 0 Å². The summed E-state index contributed by atoms with van der Waals surface area (Å²) in [5.74, 6) is -0.273. The molecule has 1 N–H and O–H groups in total. The average Bonchev–Trinajstić information content (AvgIpc) is 2.62. The van der Waals surface area contributed by atoms with E-state index in [1.165, 1.54) is 23.9 Å². The van der Waals surface area contributed by atoms with E-state index < -0.39 is 11.7 Å². The molecule has 0 unspecified atom stereocenters. The van der Waals surface area contributed by atoms with E-state index in [0.29, 0.717) is 5.56 Å². The first-order valence-electron chi connectivity index (χ1n) is 8.25. The smallest absolute Gasteiger partial charge is 0.362 e. The van der Waals surface area contributed by atoms with Crippen molar-refractivity contribution < 1.29 is 18.0 Å². The Morgan fingerprint density at radius 3 is 2.62 bits per heavy atom. The number of hydrogen-bond donors (Lipinski definition) is 1. The summed E-state index contributed by atoms with van der Waals surface area (Å²) < 4.78 is 37.5. The molecule has 2 aromatic carbocycles. The molecule has 0 fully saturated rings. The second kappa shape index (κ2) is 7.59. The molecule has 0 atom stereocenters. The van der Waals surface area contributed by atoms with Crippen molar-refractivity contribution in [1.82, 2.24) is 5.43 Å². The quantitative estimate of drug-likeness (QED) is 0.668. The zero-order valence-corrected chi connectivity index (χ0v) is 14.0. The minimum atomic E-state index is -4.37. The van der Waals surface area contributed by atoms with E-state index in [1.807, 2.05) is 23.1 Å². The number of halogens is 3. The van der Waals surface area contributed by atoms with Crippen LogP contribution in [0.3, 0.4) is 0 Å². The van der Waals surface area contributed by atoms with Crippen molar-refractivity contribution in [3.63, 3.8) is 0 Å². The number of alkyl halides is 3. The van der Waals surface area contributed by atoms with Crippen LogP contribution in [0.4, 0.5) is 18.9 Å². The molecule has 2 aromatic rings. The molecule has 0 bridgehead atoms. The van der Waals surface area contributed by atoms with E-state index in [4.69, 9.17) is 0 Å². The van der Waals surface area contributed by atoms with Crippen LogP contribution in [-0.2, 0) is 17.4 Å². The van der Waals surface area contributed by atoms with Gasteiger partial charge in [-0.05, 0) is 42.2 Å². The summed E-state index contributed by atoms with van der Waals surface area (Å²) in [7, 11) is 0. The summed E-state index contributed by atoms with van der Waals surface area (Å²) in [5, 5.41) is 3.82. The minimum Gasteiger partial charge on any atom is -0.362 e. The fourth-order valence-electron chi connectivity index (χ4n) is 2.92. The van der Waals surface area contributed by atoms with E-state index in [2.05, 4.69) is 16.6 Å². The Balaban J connectivity index is 1.55. The van der Waals surface area contributed by atoms with Crippen molar-refractivity contribution >= 4 is 17.8 Å². The second-order valence-electron chi connectivity index (χ2n) is 6.07. The monoisotopic (exact) mass is 361 g/mol. The number of benzene rings is 2. The van der Waals surface area contributed by atoms with Gasteiger partial charge in [-0.2, -0.15) is 18.3 Å². The van der Waals surface area contributed by atoms with Gasteiger partial charge in [0.2, 0.25) is 0 Å². The topological polar surface area (TPSA) is 44.7 Å². The number of para-hydroxylation sites is 1. The number of carbonyl (C=O) groups excluding carboxylic acids is 1. The van der Waals surface area contributed by atoms with Crippen molar-refractivity contribution in [3.8, 4) is 0 Å². The number of fused-ring (bicyclic) bond motifs is 1. The molecular formula is C19H18F3N3O. The van der Waals surface area contributed by atoms with Crippen LogP contribution in [0.5, 0.6) is 0 Å². The maximum atomic E-state index is 12.5. The SMILES string of the molecule is O=C(CN1CCCc2ccccc21)N/N=C/c1ccc(C(F)(F)F)cc1. The fraction of sp³-hybridized carbons (Fsp3) is 0.263. The molecule has 0 aromatic heterocycles.